The fraction of sp³-hybridized carbons (Fsp3) is 0.357. The van der Waals surface area contributed by atoms with Gasteiger partial charge in [-0.2, -0.15) is 10.1 Å². The van der Waals surface area contributed by atoms with E-state index in [-0.39, 0.29) is 18.9 Å². The highest BCUT2D eigenvalue weighted by molar-refractivity contribution is 6.33. The summed E-state index contributed by atoms with van der Waals surface area (Å²) in [7, 11) is 0. The number of carbonyl (C=O) groups excluding carboxylic acids is 2. The third-order valence-electron chi connectivity index (χ3n) is 3.42. The highest BCUT2D eigenvalue weighted by Crippen LogP contribution is 2.06. The number of Topliss-reactive ketones (excluding diaryl/α,β-unsaturated/α-hetero) is 1. The Labute approximate surface area is 146 Å². The number of carbonyl (C=O) groups is 3. The molecular weight excluding hydrogens is 346 g/mol. The Morgan fingerprint density at radius 2 is 2.08 bits per heavy atom. The highest BCUT2D eigenvalue weighted by Gasteiger charge is 2.21. The SMILES string of the molecule is Cc1cn(CC(=O)N(CCN)CC(=O)C(=O)O)c(=O)nc1-n1cncn1. The van der Waals surface area contributed by atoms with E-state index in [1.807, 2.05) is 0 Å². The maximum Gasteiger partial charge on any atom is 0.374 e. The number of carboxylic acids is 1. The molecule has 2 rings (SSSR count). The molecule has 2 aromatic heterocycles. The van der Waals surface area contributed by atoms with Gasteiger partial charge in [0.1, 0.15) is 19.2 Å². The van der Waals surface area contributed by atoms with Crippen molar-refractivity contribution in [3.8, 4) is 5.82 Å². The van der Waals surface area contributed by atoms with Crippen molar-refractivity contribution < 1.29 is 19.5 Å². The molecule has 0 aromatic carbocycles. The van der Waals surface area contributed by atoms with Crippen molar-refractivity contribution in [1.29, 1.82) is 0 Å². The average molecular weight is 363 g/mol. The van der Waals surface area contributed by atoms with Crippen LogP contribution < -0.4 is 11.4 Å². The smallest absolute Gasteiger partial charge is 0.374 e. The summed E-state index contributed by atoms with van der Waals surface area (Å²) < 4.78 is 2.38. The van der Waals surface area contributed by atoms with E-state index in [0.717, 1.165) is 9.47 Å². The van der Waals surface area contributed by atoms with Crippen LogP contribution in [0.4, 0.5) is 0 Å². The quantitative estimate of drug-likeness (QED) is 0.485. The third-order valence-corrected chi connectivity index (χ3v) is 3.42. The van der Waals surface area contributed by atoms with Crippen LogP contribution in [0.2, 0.25) is 0 Å². The molecule has 0 aliphatic rings. The first-order valence-electron chi connectivity index (χ1n) is 7.50. The molecule has 2 heterocycles. The summed E-state index contributed by atoms with van der Waals surface area (Å²) in [4.78, 5) is 55.2. The lowest BCUT2D eigenvalue weighted by Gasteiger charge is -2.21. The van der Waals surface area contributed by atoms with Gasteiger partial charge in [0, 0.05) is 24.8 Å². The molecule has 0 spiro atoms. The number of ketones is 1. The van der Waals surface area contributed by atoms with Crippen LogP contribution in [-0.2, 0) is 20.9 Å². The van der Waals surface area contributed by atoms with Crippen molar-refractivity contribution in [3.05, 3.63) is 34.9 Å². The van der Waals surface area contributed by atoms with Crippen molar-refractivity contribution in [2.75, 3.05) is 19.6 Å². The van der Waals surface area contributed by atoms with E-state index >= 15 is 0 Å². The van der Waals surface area contributed by atoms with Crippen LogP contribution in [0.15, 0.2) is 23.6 Å². The standard InChI is InChI=1S/C14H17N7O5/c1-9-4-20(14(26)18-12(9)21-8-16-7-17-21)6-11(23)19(3-2-15)5-10(22)13(24)25/h4,7-8H,2-3,5-6,15H2,1H3,(H,24,25). The van der Waals surface area contributed by atoms with Crippen molar-refractivity contribution in [2.24, 2.45) is 5.73 Å². The molecule has 0 atom stereocenters. The van der Waals surface area contributed by atoms with E-state index < -0.39 is 36.4 Å². The molecule has 138 valence electrons. The van der Waals surface area contributed by atoms with Gasteiger partial charge in [0.05, 0.1) is 6.54 Å². The van der Waals surface area contributed by atoms with Crippen LogP contribution in [0.1, 0.15) is 5.56 Å². The second kappa shape index (κ2) is 8.11. The average Bonchev–Trinajstić information content (AvgIpc) is 3.11. The molecule has 1 amide bonds. The van der Waals surface area contributed by atoms with Gasteiger partial charge in [-0.15, -0.1) is 0 Å². The third kappa shape index (κ3) is 4.36. The zero-order valence-electron chi connectivity index (χ0n) is 13.9. The molecule has 0 aliphatic carbocycles. The zero-order chi connectivity index (χ0) is 19.3. The summed E-state index contributed by atoms with van der Waals surface area (Å²) in [6.45, 7) is 0.670. The number of amides is 1. The Morgan fingerprint density at radius 3 is 2.65 bits per heavy atom. The highest BCUT2D eigenvalue weighted by atomic mass is 16.4. The fourth-order valence-corrected chi connectivity index (χ4v) is 2.19. The number of hydrogen-bond acceptors (Lipinski definition) is 8. The number of aliphatic carboxylic acids is 1. The van der Waals surface area contributed by atoms with Crippen LogP contribution in [0.25, 0.3) is 5.82 Å². The first-order valence-corrected chi connectivity index (χ1v) is 7.50. The van der Waals surface area contributed by atoms with Crippen molar-refractivity contribution in [3.63, 3.8) is 0 Å². The molecule has 2 aromatic rings. The number of hydrogen-bond donors (Lipinski definition) is 2. The van der Waals surface area contributed by atoms with E-state index in [1.54, 1.807) is 6.92 Å². The van der Waals surface area contributed by atoms with Gasteiger partial charge in [-0.05, 0) is 6.92 Å². The second-order valence-corrected chi connectivity index (χ2v) is 5.33. The van der Waals surface area contributed by atoms with Crippen LogP contribution in [0.3, 0.4) is 0 Å². The lowest BCUT2D eigenvalue weighted by Crippen LogP contribution is -2.43. The Kier molecular flexibility index (Phi) is 5.90. The first kappa shape index (κ1) is 18.9. The first-order chi connectivity index (χ1) is 12.3. The monoisotopic (exact) mass is 363 g/mol. The molecule has 0 saturated carbocycles. The van der Waals surface area contributed by atoms with E-state index in [2.05, 4.69) is 15.1 Å². The molecule has 12 heteroatoms. The van der Waals surface area contributed by atoms with Crippen LogP contribution in [0.5, 0.6) is 0 Å². The zero-order valence-corrected chi connectivity index (χ0v) is 13.9. The molecule has 0 fully saturated rings. The van der Waals surface area contributed by atoms with Crippen LogP contribution >= 0.6 is 0 Å². The Hall–Kier alpha value is -3.41. The van der Waals surface area contributed by atoms with Gasteiger partial charge < -0.3 is 15.7 Å². The summed E-state index contributed by atoms with van der Waals surface area (Å²) in [6.07, 6.45) is 4.09. The predicted molar refractivity (Wildman–Crippen MR) is 86.4 cm³/mol. The lowest BCUT2D eigenvalue weighted by atomic mass is 10.3. The lowest BCUT2D eigenvalue weighted by molar-refractivity contribution is -0.150. The maximum atomic E-state index is 12.3. The van der Waals surface area contributed by atoms with Gasteiger partial charge in [0.2, 0.25) is 5.91 Å². The fourth-order valence-electron chi connectivity index (χ4n) is 2.19. The molecule has 0 unspecified atom stereocenters. The minimum atomic E-state index is -1.65. The molecule has 3 N–H and O–H groups in total. The normalized spacial score (nSPS) is 10.5. The van der Waals surface area contributed by atoms with E-state index in [9.17, 15) is 19.2 Å². The number of aromatic nitrogens is 5. The van der Waals surface area contributed by atoms with Gasteiger partial charge in [-0.1, -0.05) is 0 Å². The number of nitrogens with two attached hydrogens (primary N) is 1. The van der Waals surface area contributed by atoms with Gasteiger partial charge in [-0.3, -0.25) is 14.2 Å². The topological polar surface area (TPSA) is 166 Å². The minimum Gasteiger partial charge on any atom is -0.475 e. The Bertz CT molecular complexity index is 874. The molecular formula is C14H17N7O5. The van der Waals surface area contributed by atoms with Crippen LogP contribution in [0, 0.1) is 6.92 Å². The number of nitrogens with zero attached hydrogens (tertiary/aromatic N) is 6. The molecule has 26 heavy (non-hydrogen) atoms. The van der Waals surface area contributed by atoms with Gasteiger partial charge in [0.15, 0.2) is 5.82 Å². The number of carboxylic acid groups (broad SMARTS) is 1. The van der Waals surface area contributed by atoms with Gasteiger partial charge in [-0.25, -0.2) is 19.3 Å². The summed E-state index contributed by atoms with van der Waals surface area (Å²) >= 11 is 0. The predicted octanol–water partition coefficient (Wildman–Crippen LogP) is -2.43. The van der Waals surface area contributed by atoms with E-state index in [1.165, 1.54) is 23.5 Å². The summed E-state index contributed by atoms with van der Waals surface area (Å²) in [6, 6.07) is 0. The minimum absolute atomic E-state index is 0.0178. The van der Waals surface area contributed by atoms with Crippen molar-refractivity contribution in [2.45, 2.75) is 13.5 Å². The van der Waals surface area contributed by atoms with Crippen molar-refractivity contribution >= 4 is 17.7 Å². The largest absolute Gasteiger partial charge is 0.475 e. The molecule has 0 radical (unpaired) electrons. The molecule has 0 bridgehead atoms. The molecule has 0 saturated heterocycles. The molecule has 12 nitrogen and oxygen atoms in total. The summed E-state index contributed by atoms with van der Waals surface area (Å²) in [5.41, 5.74) is 5.25. The maximum absolute atomic E-state index is 12.3. The van der Waals surface area contributed by atoms with Crippen LogP contribution in [-0.4, -0.2) is 71.6 Å². The van der Waals surface area contributed by atoms with Crippen molar-refractivity contribution in [1.82, 2.24) is 29.2 Å². The number of aryl methyl sites for hydroxylation is 1. The Morgan fingerprint density at radius 1 is 1.35 bits per heavy atom. The summed E-state index contributed by atoms with van der Waals surface area (Å²) in [5.74, 6) is -3.14. The summed E-state index contributed by atoms with van der Waals surface area (Å²) in [5, 5.41) is 12.6. The van der Waals surface area contributed by atoms with E-state index in [0.29, 0.717) is 5.56 Å². The number of rotatable bonds is 8. The Balaban J connectivity index is 2.21. The van der Waals surface area contributed by atoms with Gasteiger partial charge in [0.25, 0.3) is 5.78 Å². The second-order valence-electron chi connectivity index (χ2n) is 5.33. The van der Waals surface area contributed by atoms with E-state index in [4.69, 9.17) is 10.8 Å². The molecule has 0 aliphatic heterocycles. The van der Waals surface area contributed by atoms with Gasteiger partial charge >= 0.3 is 11.7 Å².